The first-order chi connectivity index (χ1) is 8.58. The van der Waals surface area contributed by atoms with Crippen molar-refractivity contribution in [2.24, 2.45) is 0 Å². The van der Waals surface area contributed by atoms with E-state index in [0.29, 0.717) is 5.56 Å². The molecule has 2 rings (SSSR count). The topological polar surface area (TPSA) is 42.0 Å². The molecule has 0 aliphatic rings. The summed E-state index contributed by atoms with van der Waals surface area (Å²) in [5.41, 5.74) is 0.561. The molecule has 0 saturated heterocycles. The van der Waals surface area contributed by atoms with Gasteiger partial charge in [-0.25, -0.2) is 9.37 Å². The van der Waals surface area contributed by atoms with Crippen LogP contribution in [-0.2, 0) is 0 Å². The number of hydrogen-bond acceptors (Lipinski definition) is 2. The van der Waals surface area contributed by atoms with E-state index in [9.17, 15) is 13.6 Å². The van der Waals surface area contributed by atoms with E-state index in [2.05, 4.69) is 10.3 Å². The van der Waals surface area contributed by atoms with Crippen LogP contribution >= 0.6 is 0 Å². The minimum atomic E-state index is -0.859. The molecule has 0 fully saturated rings. The molecule has 1 aromatic carbocycles. The summed E-state index contributed by atoms with van der Waals surface area (Å²) in [5, 5.41) is 2.41. The Labute approximate surface area is 102 Å². The first-order valence-electron chi connectivity index (χ1n) is 5.26. The van der Waals surface area contributed by atoms with Gasteiger partial charge in [-0.05, 0) is 36.8 Å². The lowest BCUT2D eigenvalue weighted by molar-refractivity contribution is 0.102. The molecule has 2 aromatic rings. The summed E-state index contributed by atoms with van der Waals surface area (Å²) >= 11 is 0. The van der Waals surface area contributed by atoms with E-state index in [-0.39, 0.29) is 11.3 Å². The monoisotopic (exact) mass is 248 g/mol. The third kappa shape index (κ3) is 2.51. The van der Waals surface area contributed by atoms with Gasteiger partial charge < -0.3 is 5.32 Å². The Morgan fingerprint density at radius 3 is 2.72 bits per heavy atom. The summed E-state index contributed by atoms with van der Waals surface area (Å²) in [6.07, 6.45) is 1.25. The number of aryl methyl sites for hydroxylation is 1. The standard InChI is InChI=1S/C13H10F2N2O/c1-8-4-5-9(7-11(8)14)17-13(18)10-3-2-6-16-12(10)15/h2-7H,1H3,(H,17,18). The Morgan fingerprint density at radius 2 is 2.06 bits per heavy atom. The second kappa shape index (κ2) is 4.91. The van der Waals surface area contributed by atoms with Crippen LogP contribution in [-0.4, -0.2) is 10.9 Å². The number of halogens is 2. The predicted molar refractivity (Wildman–Crippen MR) is 63.3 cm³/mol. The van der Waals surface area contributed by atoms with E-state index >= 15 is 0 Å². The van der Waals surface area contributed by atoms with Crippen molar-refractivity contribution in [2.75, 3.05) is 5.32 Å². The number of benzene rings is 1. The first kappa shape index (κ1) is 12.2. The Balaban J connectivity index is 2.22. The number of carbonyl (C=O) groups excluding carboxylic acids is 1. The lowest BCUT2D eigenvalue weighted by Gasteiger charge is -2.06. The summed E-state index contributed by atoms with van der Waals surface area (Å²) in [6, 6.07) is 7.02. The van der Waals surface area contributed by atoms with Crippen LogP contribution in [0.15, 0.2) is 36.5 Å². The van der Waals surface area contributed by atoms with E-state index in [4.69, 9.17) is 0 Å². The highest BCUT2D eigenvalue weighted by atomic mass is 19.1. The molecule has 0 saturated carbocycles. The van der Waals surface area contributed by atoms with E-state index < -0.39 is 17.7 Å². The number of pyridine rings is 1. The van der Waals surface area contributed by atoms with Gasteiger partial charge in [0, 0.05) is 11.9 Å². The minimum Gasteiger partial charge on any atom is -0.322 e. The molecule has 5 heteroatoms. The molecule has 0 spiro atoms. The summed E-state index contributed by atoms with van der Waals surface area (Å²) in [5.74, 6) is -1.95. The lowest BCUT2D eigenvalue weighted by atomic mass is 10.2. The third-order valence-corrected chi connectivity index (χ3v) is 2.43. The summed E-state index contributed by atoms with van der Waals surface area (Å²) in [6.45, 7) is 1.61. The molecule has 3 nitrogen and oxygen atoms in total. The maximum absolute atomic E-state index is 13.3. The van der Waals surface area contributed by atoms with Crippen LogP contribution in [0.1, 0.15) is 15.9 Å². The molecule has 1 heterocycles. The van der Waals surface area contributed by atoms with Gasteiger partial charge in [0.25, 0.3) is 5.91 Å². The van der Waals surface area contributed by atoms with Gasteiger partial charge in [0.05, 0.1) is 5.56 Å². The second-order valence-corrected chi connectivity index (χ2v) is 3.76. The Morgan fingerprint density at radius 1 is 1.28 bits per heavy atom. The Bertz CT molecular complexity index is 599. The highest BCUT2D eigenvalue weighted by molar-refractivity contribution is 6.04. The SMILES string of the molecule is Cc1ccc(NC(=O)c2cccnc2F)cc1F. The van der Waals surface area contributed by atoms with Gasteiger partial charge >= 0.3 is 0 Å². The van der Waals surface area contributed by atoms with Crippen LogP contribution in [0.4, 0.5) is 14.5 Å². The maximum atomic E-state index is 13.3. The predicted octanol–water partition coefficient (Wildman–Crippen LogP) is 2.92. The van der Waals surface area contributed by atoms with Crippen LogP contribution in [0.5, 0.6) is 0 Å². The first-order valence-corrected chi connectivity index (χ1v) is 5.26. The van der Waals surface area contributed by atoms with Crippen LogP contribution < -0.4 is 5.32 Å². The van der Waals surface area contributed by atoms with Crippen LogP contribution in [0.25, 0.3) is 0 Å². The van der Waals surface area contributed by atoms with Crippen molar-refractivity contribution in [1.82, 2.24) is 4.98 Å². The number of anilines is 1. The normalized spacial score (nSPS) is 10.2. The van der Waals surface area contributed by atoms with Crippen molar-refractivity contribution in [3.05, 3.63) is 59.4 Å². The van der Waals surface area contributed by atoms with Gasteiger partial charge in [-0.1, -0.05) is 6.07 Å². The number of rotatable bonds is 2. The average molecular weight is 248 g/mol. The molecule has 0 radical (unpaired) electrons. The quantitative estimate of drug-likeness (QED) is 0.830. The Kier molecular flexibility index (Phi) is 3.32. The fraction of sp³-hybridized carbons (Fsp3) is 0.0769. The van der Waals surface area contributed by atoms with Gasteiger partial charge in [-0.3, -0.25) is 4.79 Å². The smallest absolute Gasteiger partial charge is 0.260 e. The van der Waals surface area contributed by atoms with Gasteiger partial charge in [0.1, 0.15) is 5.82 Å². The molecule has 0 atom stereocenters. The Hall–Kier alpha value is -2.30. The number of amides is 1. The van der Waals surface area contributed by atoms with Crippen LogP contribution in [0, 0.1) is 18.7 Å². The van der Waals surface area contributed by atoms with Gasteiger partial charge in [-0.2, -0.15) is 4.39 Å². The summed E-state index contributed by atoms with van der Waals surface area (Å²) < 4.78 is 26.5. The van der Waals surface area contributed by atoms with Crippen molar-refractivity contribution >= 4 is 11.6 Å². The van der Waals surface area contributed by atoms with E-state index in [0.717, 1.165) is 0 Å². The average Bonchev–Trinajstić information content (AvgIpc) is 2.34. The third-order valence-electron chi connectivity index (χ3n) is 2.43. The molecule has 18 heavy (non-hydrogen) atoms. The van der Waals surface area contributed by atoms with Crippen LogP contribution in [0.2, 0.25) is 0 Å². The second-order valence-electron chi connectivity index (χ2n) is 3.76. The minimum absolute atomic E-state index is 0.182. The van der Waals surface area contributed by atoms with E-state index in [1.54, 1.807) is 13.0 Å². The number of nitrogens with one attached hydrogen (secondary N) is 1. The van der Waals surface area contributed by atoms with Crippen molar-refractivity contribution in [1.29, 1.82) is 0 Å². The number of nitrogens with zero attached hydrogens (tertiary/aromatic N) is 1. The molecular formula is C13H10F2N2O. The summed E-state index contributed by atoms with van der Waals surface area (Å²) in [7, 11) is 0. The van der Waals surface area contributed by atoms with Crippen molar-refractivity contribution in [2.45, 2.75) is 6.92 Å². The number of aromatic nitrogens is 1. The fourth-order valence-electron chi connectivity index (χ4n) is 1.42. The molecule has 1 aromatic heterocycles. The number of hydrogen-bond donors (Lipinski definition) is 1. The molecule has 1 amide bonds. The number of carbonyl (C=O) groups is 1. The van der Waals surface area contributed by atoms with Crippen molar-refractivity contribution < 1.29 is 13.6 Å². The summed E-state index contributed by atoms with van der Waals surface area (Å²) in [4.78, 5) is 15.1. The molecule has 1 N–H and O–H groups in total. The highest BCUT2D eigenvalue weighted by Crippen LogP contribution is 2.15. The molecular weight excluding hydrogens is 238 g/mol. The zero-order chi connectivity index (χ0) is 13.1. The molecule has 0 unspecified atom stereocenters. The van der Waals surface area contributed by atoms with Gasteiger partial charge in [0.2, 0.25) is 5.95 Å². The zero-order valence-electron chi connectivity index (χ0n) is 9.58. The van der Waals surface area contributed by atoms with Gasteiger partial charge in [0.15, 0.2) is 0 Å². The largest absolute Gasteiger partial charge is 0.322 e. The highest BCUT2D eigenvalue weighted by Gasteiger charge is 2.12. The van der Waals surface area contributed by atoms with E-state index in [1.165, 1.54) is 30.5 Å². The van der Waals surface area contributed by atoms with Crippen LogP contribution in [0.3, 0.4) is 0 Å². The molecule has 0 aliphatic carbocycles. The van der Waals surface area contributed by atoms with E-state index in [1.807, 2.05) is 0 Å². The maximum Gasteiger partial charge on any atom is 0.260 e. The molecule has 0 aliphatic heterocycles. The lowest BCUT2D eigenvalue weighted by Crippen LogP contribution is -2.14. The van der Waals surface area contributed by atoms with Crippen molar-refractivity contribution in [3.8, 4) is 0 Å². The molecule has 92 valence electrons. The zero-order valence-corrected chi connectivity index (χ0v) is 9.58. The van der Waals surface area contributed by atoms with Gasteiger partial charge in [-0.15, -0.1) is 0 Å². The fourth-order valence-corrected chi connectivity index (χ4v) is 1.42. The van der Waals surface area contributed by atoms with Crippen molar-refractivity contribution in [3.63, 3.8) is 0 Å². The molecule has 0 bridgehead atoms.